The number of aliphatic hydroxyl groups is 1. The van der Waals surface area contributed by atoms with Gasteiger partial charge in [-0.2, -0.15) is 0 Å². The van der Waals surface area contributed by atoms with Gasteiger partial charge in [0.1, 0.15) is 0 Å². The standard InChI is InChI=1S/C19H25N5O3/c20-19-22-16(11-17(26)23-19)13-4-3-5-14(10-13)18(27)21-7-9-24-8-2-1-6-15(24)12-25/h3-5,10-11,15,25H,1-2,6-9,12H2,(H,21,27)(H3,20,22,23,26)/t15-/m0/s1. The number of carbonyl (C=O) groups excluding carboxylic acids is 1. The van der Waals surface area contributed by atoms with Crippen molar-refractivity contribution >= 4 is 11.9 Å². The van der Waals surface area contributed by atoms with E-state index in [1.807, 2.05) is 0 Å². The number of nitrogens with one attached hydrogen (secondary N) is 2. The highest BCUT2D eigenvalue weighted by molar-refractivity contribution is 5.95. The summed E-state index contributed by atoms with van der Waals surface area (Å²) < 4.78 is 0. The van der Waals surface area contributed by atoms with Gasteiger partial charge < -0.3 is 16.2 Å². The number of likely N-dealkylation sites (tertiary alicyclic amines) is 1. The van der Waals surface area contributed by atoms with E-state index in [1.165, 1.54) is 6.07 Å². The first-order valence-electron chi connectivity index (χ1n) is 9.17. The Morgan fingerprint density at radius 3 is 3.00 bits per heavy atom. The Morgan fingerprint density at radius 2 is 2.22 bits per heavy atom. The number of nitrogen functional groups attached to an aromatic ring is 1. The Hall–Kier alpha value is -2.71. The van der Waals surface area contributed by atoms with E-state index in [-0.39, 0.29) is 30.1 Å². The maximum absolute atomic E-state index is 12.5. The Balaban J connectivity index is 1.62. The highest BCUT2D eigenvalue weighted by atomic mass is 16.3. The molecule has 1 saturated heterocycles. The molecule has 2 aromatic rings. The predicted octanol–water partition coefficient (Wildman–Crippen LogP) is 0.596. The van der Waals surface area contributed by atoms with Crippen LogP contribution in [0.15, 0.2) is 35.1 Å². The lowest BCUT2D eigenvalue weighted by Gasteiger charge is -2.34. The summed E-state index contributed by atoms with van der Waals surface area (Å²) in [6.45, 7) is 2.33. The van der Waals surface area contributed by atoms with Crippen molar-refractivity contribution < 1.29 is 9.90 Å². The molecule has 1 aliphatic heterocycles. The van der Waals surface area contributed by atoms with Gasteiger partial charge >= 0.3 is 0 Å². The van der Waals surface area contributed by atoms with E-state index in [1.54, 1.807) is 24.3 Å². The number of hydrogen-bond acceptors (Lipinski definition) is 6. The summed E-state index contributed by atoms with van der Waals surface area (Å²) in [4.78, 5) is 32.8. The fourth-order valence-electron chi connectivity index (χ4n) is 3.42. The lowest BCUT2D eigenvalue weighted by Crippen LogP contribution is -2.45. The first-order chi connectivity index (χ1) is 13.1. The maximum atomic E-state index is 12.5. The SMILES string of the molecule is Nc1nc(-c2cccc(C(=O)NCCN3CCCC[C@H]3CO)c2)cc(=O)[nH]1. The van der Waals surface area contributed by atoms with E-state index in [2.05, 4.69) is 20.2 Å². The minimum Gasteiger partial charge on any atom is -0.395 e. The van der Waals surface area contributed by atoms with Crippen molar-refractivity contribution in [3.63, 3.8) is 0 Å². The number of nitrogens with zero attached hydrogens (tertiary/aromatic N) is 2. The molecule has 1 atom stereocenters. The van der Waals surface area contributed by atoms with Gasteiger partial charge in [0.05, 0.1) is 12.3 Å². The number of rotatable bonds is 6. The first-order valence-corrected chi connectivity index (χ1v) is 9.17. The number of hydrogen-bond donors (Lipinski definition) is 4. The molecule has 1 fully saturated rings. The molecule has 1 aliphatic rings. The largest absolute Gasteiger partial charge is 0.395 e. The van der Waals surface area contributed by atoms with Crippen molar-refractivity contribution in [2.75, 3.05) is 32.0 Å². The molecule has 3 rings (SSSR count). The van der Waals surface area contributed by atoms with Crippen molar-refractivity contribution in [3.8, 4) is 11.3 Å². The molecule has 0 aliphatic carbocycles. The second-order valence-corrected chi connectivity index (χ2v) is 6.72. The maximum Gasteiger partial charge on any atom is 0.252 e. The molecule has 0 radical (unpaired) electrons. The van der Waals surface area contributed by atoms with Crippen LogP contribution in [0.2, 0.25) is 0 Å². The Bertz CT molecular complexity index is 851. The zero-order chi connectivity index (χ0) is 19.2. The van der Waals surface area contributed by atoms with E-state index in [9.17, 15) is 14.7 Å². The van der Waals surface area contributed by atoms with Gasteiger partial charge in [0.15, 0.2) is 0 Å². The summed E-state index contributed by atoms with van der Waals surface area (Å²) >= 11 is 0. The molecule has 0 spiro atoms. The van der Waals surface area contributed by atoms with Crippen molar-refractivity contribution in [1.29, 1.82) is 0 Å². The molecule has 144 valence electrons. The molecule has 1 aromatic carbocycles. The summed E-state index contributed by atoms with van der Waals surface area (Å²) in [7, 11) is 0. The molecule has 0 bridgehead atoms. The summed E-state index contributed by atoms with van der Waals surface area (Å²) in [6.07, 6.45) is 3.26. The van der Waals surface area contributed by atoms with Crippen molar-refractivity contribution in [1.82, 2.24) is 20.2 Å². The number of carbonyl (C=O) groups is 1. The quantitative estimate of drug-likeness (QED) is 0.589. The number of nitrogens with two attached hydrogens (primary N) is 1. The lowest BCUT2D eigenvalue weighted by molar-refractivity contribution is 0.0849. The summed E-state index contributed by atoms with van der Waals surface area (Å²) in [5.41, 5.74) is 6.81. The molecule has 27 heavy (non-hydrogen) atoms. The van der Waals surface area contributed by atoms with Gasteiger partial charge in [-0.25, -0.2) is 4.98 Å². The van der Waals surface area contributed by atoms with Gasteiger partial charge in [-0.15, -0.1) is 0 Å². The van der Waals surface area contributed by atoms with E-state index >= 15 is 0 Å². The average molecular weight is 371 g/mol. The van der Waals surface area contributed by atoms with Crippen molar-refractivity contribution in [3.05, 3.63) is 46.2 Å². The van der Waals surface area contributed by atoms with E-state index < -0.39 is 0 Å². The van der Waals surface area contributed by atoms with Crippen LogP contribution in [0, 0.1) is 0 Å². The number of aliphatic hydroxyl groups excluding tert-OH is 1. The minimum absolute atomic E-state index is 0.0346. The average Bonchev–Trinajstić information content (AvgIpc) is 2.67. The highest BCUT2D eigenvalue weighted by Crippen LogP contribution is 2.18. The van der Waals surface area contributed by atoms with Gasteiger partial charge in [-0.1, -0.05) is 18.6 Å². The Labute approximate surface area is 157 Å². The van der Waals surface area contributed by atoms with Crippen LogP contribution in [0.3, 0.4) is 0 Å². The molecule has 8 nitrogen and oxygen atoms in total. The Morgan fingerprint density at radius 1 is 1.37 bits per heavy atom. The van der Waals surface area contributed by atoms with Gasteiger partial charge in [-0.05, 0) is 31.5 Å². The first kappa shape index (κ1) is 19.1. The fourth-order valence-corrected chi connectivity index (χ4v) is 3.42. The number of aromatic amines is 1. The molecule has 8 heteroatoms. The van der Waals surface area contributed by atoms with Gasteiger partial charge in [0, 0.05) is 36.3 Å². The molecular formula is C19H25N5O3. The summed E-state index contributed by atoms with van der Waals surface area (Å²) in [5.74, 6) is -0.153. The zero-order valence-corrected chi connectivity index (χ0v) is 15.1. The number of anilines is 1. The van der Waals surface area contributed by atoms with Crippen molar-refractivity contribution in [2.45, 2.75) is 25.3 Å². The van der Waals surface area contributed by atoms with Crippen LogP contribution in [-0.4, -0.2) is 58.2 Å². The smallest absolute Gasteiger partial charge is 0.252 e. The summed E-state index contributed by atoms with van der Waals surface area (Å²) in [5, 5.41) is 12.4. The Kier molecular flexibility index (Phi) is 6.20. The topological polar surface area (TPSA) is 124 Å². The second kappa shape index (κ2) is 8.79. The molecule has 5 N–H and O–H groups in total. The van der Waals surface area contributed by atoms with Gasteiger partial charge in [0.2, 0.25) is 5.95 Å². The van der Waals surface area contributed by atoms with Crippen molar-refractivity contribution in [2.24, 2.45) is 0 Å². The van der Waals surface area contributed by atoms with Gasteiger partial charge in [0.25, 0.3) is 11.5 Å². The number of amides is 1. The van der Waals surface area contributed by atoms with Crippen LogP contribution in [-0.2, 0) is 0 Å². The van der Waals surface area contributed by atoms with E-state index in [4.69, 9.17) is 5.73 Å². The summed E-state index contributed by atoms with van der Waals surface area (Å²) in [6, 6.07) is 8.46. The third-order valence-corrected chi connectivity index (χ3v) is 4.82. The van der Waals surface area contributed by atoms with Crippen LogP contribution in [0.4, 0.5) is 5.95 Å². The minimum atomic E-state index is -0.340. The van der Waals surface area contributed by atoms with E-state index in [0.29, 0.717) is 29.9 Å². The highest BCUT2D eigenvalue weighted by Gasteiger charge is 2.21. The number of aromatic nitrogens is 2. The monoisotopic (exact) mass is 371 g/mol. The van der Waals surface area contributed by atoms with E-state index in [0.717, 1.165) is 25.8 Å². The number of benzene rings is 1. The predicted molar refractivity (Wildman–Crippen MR) is 103 cm³/mol. The fraction of sp³-hybridized carbons (Fsp3) is 0.421. The van der Waals surface area contributed by atoms with Crippen LogP contribution >= 0.6 is 0 Å². The normalized spacial score (nSPS) is 17.6. The molecule has 0 unspecified atom stereocenters. The van der Waals surface area contributed by atoms with Crippen LogP contribution in [0.1, 0.15) is 29.6 Å². The van der Waals surface area contributed by atoms with Crippen LogP contribution < -0.4 is 16.6 Å². The number of piperidine rings is 1. The second-order valence-electron chi connectivity index (χ2n) is 6.72. The molecule has 2 heterocycles. The molecular weight excluding hydrogens is 346 g/mol. The lowest BCUT2D eigenvalue weighted by atomic mass is 10.0. The third kappa shape index (κ3) is 4.93. The molecule has 1 amide bonds. The zero-order valence-electron chi connectivity index (χ0n) is 15.1. The molecule has 1 aromatic heterocycles. The molecule has 0 saturated carbocycles. The number of H-pyrrole nitrogens is 1. The van der Waals surface area contributed by atoms with Crippen LogP contribution in [0.5, 0.6) is 0 Å². The van der Waals surface area contributed by atoms with Crippen LogP contribution in [0.25, 0.3) is 11.3 Å². The third-order valence-electron chi connectivity index (χ3n) is 4.82. The van der Waals surface area contributed by atoms with Gasteiger partial charge in [-0.3, -0.25) is 19.5 Å².